The topological polar surface area (TPSA) is 186 Å². The zero-order valence-corrected chi connectivity index (χ0v) is 11.1. The largest absolute Gasteiger partial charge is 0.339 e. The summed E-state index contributed by atoms with van der Waals surface area (Å²) in [6.07, 6.45) is 0. The van der Waals surface area contributed by atoms with E-state index in [1.165, 1.54) is 0 Å². The Balaban J connectivity index is -0.0000000853. The van der Waals surface area contributed by atoms with E-state index in [-0.39, 0.29) is 0 Å². The fraction of sp³-hybridized carbons (Fsp3) is 0.500. The Hall–Kier alpha value is -2.28. The molecule has 0 radical (unpaired) electrons. The van der Waals surface area contributed by atoms with Crippen molar-refractivity contribution < 1.29 is 59.8 Å². The molecule has 0 saturated carbocycles. The van der Waals surface area contributed by atoms with Gasteiger partial charge in [0.1, 0.15) is 0 Å². The van der Waals surface area contributed by atoms with Gasteiger partial charge in [0, 0.05) is 27.7 Å². The number of carbonyl (C=O) groups excluding carboxylic acids is 4. The molecule has 0 saturated heterocycles. The summed E-state index contributed by atoms with van der Waals surface area (Å²) in [5, 5.41) is 29.2. The van der Waals surface area contributed by atoms with E-state index >= 15 is 0 Å². The molecular weight excluding hydrogens is 288 g/mol. The van der Waals surface area contributed by atoms with E-state index in [0.717, 1.165) is 27.7 Å². The zero-order valence-electron chi connectivity index (χ0n) is 11.1. The molecule has 0 aliphatic heterocycles. The van der Waals surface area contributed by atoms with Gasteiger partial charge in [-0.2, -0.15) is 21.0 Å². The van der Waals surface area contributed by atoms with Crippen LogP contribution in [-0.4, -0.2) is 44.9 Å². The van der Waals surface area contributed by atoms with Crippen molar-refractivity contribution in [3.8, 4) is 0 Å². The Kier molecular flexibility index (Phi) is 28.9. The highest BCUT2D eigenvalue weighted by Crippen LogP contribution is 1.60. The smallest absolute Gasteiger partial charge is 0.301 e. The Labute approximate surface area is 112 Å². The SMILES string of the molecule is CC(=O)OO.CC(=O)OO.CC(=O)OO.CC(=O)OO. The minimum Gasteiger partial charge on any atom is -0.301 e. The summed E-state index contributed by atoms with van der Waals surface area (Å²) in [6, 6.07) is 0. The second kappa shape index (κ2) is 21.9. The summed E-state index contributed by atoms with van der Waals surface area (Å²) in [4.78, 5) is 49.8. The molecule has 0 atom stereocenters. The van der Waals surface area contributed by atoms with Gasteiger partial charge < -0.3 is 19.6 Å². The standard InChI is InChI=1S/4C2H4O3/c4*1-2(3)5-4/h4*4H,1H3. The lowest BCUT2D eigenvalue weighted by atomic mass is 10.9. The molecule has 0 aromatic rings. The zero-order chi connectivity index (χ0) is 17.1. The van der Waals surface area contributed by atoms with Gasteiger partial charge >= 0.3 is 23.9 Å². The molecule has 0 aliphatic carbocycles. The molecule has 0 aromatic carbocycles. The van der Waals surface area contributed by atoms with Crippen LogP contribution < -0.4 is 0 Å². The first-order valence-electron chi connectivity index (χ1n) is 4.36. The van der Waals surface area contributed by atoms with E-state index in [1.807, 2.05) is 0 Å². The average molecular weight is 304 g/mol. The highest BCUT2D eigenvalue weighted by Gasteiger charge is 1.80. The van der Waals surface area contributed by atoms with Crippen molar-refractivity contribution in [2.45, 2.75) is 27.7 Å². The summed E-state index contributed by atoms with van der Waals surface area (Å²) < 4.78 is 0. The molecule has 20 heavy (non-hydrogen) atoms. The van der Waals surface area contributed by atoms with E-state index in [9.17, 15) is 19.2 Å². The monoisotopic (exact) mass is 304 g/mol. The van der Waals surface area contributed by atoms with Crippen LogP contribution in [0, 0.1) is 0 Å². The van der Waals surface area contributed by atoms with Crippen LogP contribution in [0.2, 0.25) is 0 Å². The number of hydrogen-bond donors (Lipinski definition) is 4. The van der Waals surface area contributed by atoms with Crippen molar-refractivity contribution in [1.82, 2.24) is 0 Å². The van der Waals surface area contributed by atoms with E-state index in [1.54, 1.807) is 0 Å². The molecule has 0 aliphatic rings. The molecule has 0 rings (SSSR count). The lowest BCUT2D eigenvalue weighted by Crippen LogP contribution is -1.89. The maximum Gasteiger partial charge on any atom is 0.339 e. The molecule has 0 unspecified atom stereocenters. The number of rotatable bonds is 0. The van der Waals surface area contributed by atoms with Gasteiger partial charge in [-0.25, -0.2) is 19.2 Å². The van der Waals surface area contributed by atoms with E-state index in [4.69, 9.17) is 21.0 Å². The fourth-order valence-corrected chi connectivity index (χ4v) is 0. The molecule has 12 nitrogen and oxygen atoms in total. The molecule has 0 bridgehead atoms. The third-order valence-electron chi connectivity index (χ3n) is 0.514. The van der Waals surface area contributed by atoms with Crippen LogP contribution in [0.1, 0.15) is 27.7 Å². The second-order valence-electron chi connectivity index (χ2n) is 2.33. The molecule has 120 valence electrons. The van der Waals surface area contributed by atoms with Gasteiger partial charge in [0.25, 0.3) is 0 Å². The summed E-state index contributed by atoms with van der Waals surface area (Å²) >= 11 is 0. The first-order chi connectivity index (χ1) is 9.08. The Morgan fingerprint density at radius 3 is 0.550 bits per heavy atom. The molecule has 0 amide bonds. The Bertz CT molecular complexity index is 217. The summed E-state index contributed by atoms with van der Waals surface area (Å²) in [5.74, 6) is -2.76. The minimum absolute atomic E-state index is 0.690. The predicted octanol–water partition coefficient (Wildman–Crippen LogP) is 0.0900. The van der Waals surface area contributed by atoms with Crippen LogP contribution in [0.15, 0.2) is 0 Å². The first-order valence-corrected chi connectivity index (χ1v) is 4.36. The van der Waals surface area contributed by atoms with Crippen LogP contribution in [0.5, 0.6) is 0 Å². The van der Waals surface area contributed by atoms with Crippen molar-refractivity contribution in [2.24, 2.45) is 0 Å². The molecule has 0 heterocycles. The van der Waals surface area contributed by atoms with Crippen LogP contribution in [0.3, 0.4) is 0 Å². The molecule has 0 fully saturated rings. The Morgan fingerprint density at radius 2 is 0.550 bits per heavy atom. The highest BCUT2D eigenvalue weighted by atomic mass is 17.1. The normalized spacial score (nSPS) is 6.80. The highest BCUT2D eigenvalue weighted by molar-refractivity contribution is 5.65. The van der Waals surface area contributed by atoms with Gasteiger partial charge in [0.2, 0.25) is 0 Å². The fourth-order valence-electron chi connectivity index (χ4n) is 0. The van der Waals surface area contributed by atoms with E-state index < -0.39 is 23.9 Å². The molecule has 12 heteroatoms. The third-order valence-corrected chi connectivity index (χ3v) is 0.514. The minimum atomic E-state index is -0.690. The van der Waals surface area contributed by atoms with Crippen molar-refractivity contribution in [2.75, 3.05) is 0 Å². The number of hydrogen-bond acceptors (Lipinski definition) is 12. The van der Waals surface area contributed by atoms with Gasteiger partial charge in [-0.15, -0.1) is 0 Å². The summed E-state index contributed by atoms with van der Waals surface area (Å²) in [7, 11) is 0. The first kappa shape index (κ1) is 26.3. The predicted molar refractivity (Wildman–Crippen MR) is 57.6 cm³/mol. The van der Waals surface area contributed by atoms with Crippen LogP contribution >= 0.6 is 0 Å². The van der Waals surface area contributed by atoms with Gasteiger partial charge in [0.05, 0.1) is 0 Å². The van der Waals surface area contributed by atoms with Gasteiger partial charge in [0.15, 0.2) is 0 Å². The van der Waals surface area contributed by atoms with Crippen molar-refractivity contribution in [3.05, 3.63) is 0 Å². The molecular formula is C8H16O12. The van der Waals surface area contributed by atoms with Crippen LogP contribution in [0.4, 0.5) is 0 Å². The van der Waals surface area contributed by atoms with Crippen molar-refractivity contribution >= 4 is 23.9 Å². The third kappa shape index (κ3) is 104. The maximum absolute atomic E-state index is 9.34. The van der Waals surface area contributed by atoms with Gasteiger partial charge in [-0.3, -0.25) is 0 Å². The molecule has 0 spiro atoms. The molecule has 4 N–H and O–H groups in total. The van der Waals surface area contributed by atoms with E-state index in [0.29, 0.717) is 0 Å². The van der Waals surface area contributed by atoms with Crippen molar-refractivity contribution in [3.63, 3.8) is 0 Å². The lowest BCUT2D eigenvalue weighted by Gasteiger charge is -1.76. The summed E-state index contributed by atoms with van der Waals surface area (Å²) in [5.41, 5.74) is 0. The molecule has 0 aromatic heterocycles. The Morgan fingerprint density at radius 1 is 0.500 bits per heavy atom. The summed E-state index contributed by atoms with van der Waals surface area (Å²) in [6.45, 7) is 4.44. The van der Waals surface area contributed by atoms with Gasteiger partial charge in [-0.1, -0.05) is 0 Å². The average Bonchev–Trinajstić information content (AvgIpc) is 2.40. The van der Waals surface area contributed by atoms with E-state index in [2.05, 4.69) is 19.6 Å². The lowest BCUT2D eigenvalue weighted by molar-refractivity contribution is -0.231. The van der Waals surface area contributed by atoms with Crippen LogP contribution in [0.25, 0.3) is 0 Å². The van der Waals surface area contributed by atoms with Crippen LogP contribution in [-0.2, 0) is 38.7 Å². The number of carbonyl (C=O) groups is 4. The maximum atomic E-state index is 9.34. The van der Waals surface area contributed by atoms with Crippen molar-refractivity contribution in [1.29, 1.82) is 0 Å². The quantitative estimate of drug-likeness (QED) is 0.268. The second-order valence-corrected chi connectivity index (χ2v) is 2.33. The van der Waals surface area contributed by atoms with Gasteiger partial charge in [-0.05, 0) is 0 Å².